The van der Waals surface area contributed by atoms with Crippen LogP contribution >= 0.6 is 11.3 Å². The summed E-state index contributed by atoms with van der Waals surface area (Å²) < 4.78 is 12.6. The van der Waals surface area contributed by atoms with Gasteiger partial charge in [-0.2, -0.15) is 0 Å². The Hall–Kier alpha value is -3.19. The lowest BCUT2D eigenvalue weighted by atomic mass is 9.96. The molecule has 28 heavy (non-hydrogen) atoms. The molecule has 140 valence electrons. The molecule has 1 unspecified atom stereocenters. The Morgan fingerprint density at radius 1 is 1.18 bits per heavy atom. The molecule has 1 aliphatic heterocycles. The maximum absolute atomic E-state index is 5.99. The van der Waals surface area contributed by atoms with Crippen molar-refractivity contribution in [2.24, 2.45) is 0 Å². The lowest BCUT2D eigenvalue weighted by Gasteiger charge is -2.25. The van der Waals surface area contributed by atoms with Gasteiger partial charge in [-0.15, -0.1) is 11.3 Å². The number of methoxy groups -OCH3 is 1. The number of aromatic nitrogens is 3. The van der Waals surface area contributed by atoms with Gasteiger partial charge < -0.3 is 15.2 Å². The molecule has 2 aromatic carbocycles. The number of fused-ring (bicyclic) bond motifs is 2. The lowest BCUT2D eigenvalue weighted by Crippen LogP contribution is -2.19. The molecule has 0 spiro atoms. The minimum absolute atomic E-state index is 0.208. The average molecular weight is 390 g/mol. The van der Waals surface area contributed by atoms with E-state index in [0.717, 1.165) is 50.0 Å². The van der Waals surface area contributed by atoms with Crippen LogP contribution in [0.4, 0.5) is 5.95 Å². The molecule has 2 aromatic heterocycles. The van der Waals surface area contributed by atoms with Crippen LogP contribution in [0.15, 0.2) is 48.7 Å². The molecule has 5 rings (SSSR count). The van der Waals surface area contributed by atoms with E-state index < -0.39 is 0 Å². The second kappa shape index (κ2) is 6.76. The van der Waals surface area contributed by atoms with E-state index in [4.69, 9.17) is 20.2 Å². The monoisotopic (exact) mass is 390 g/mol. The Kier molecular flexibility index (Phi) is 4.09. The summed E-state index contributed by atoms with van der Waals surface area (Å²) in [5.74, 6) is 2.25. The van der Waals surface area contributed by atoms with Crippen molar-refractivity contribution in [3.63, 3.8) is 0 Å². The molecule has 1 aliphatic rings. The minimum atomic E-state index is 0.208. The topological polar surface area (TPSA) is 83.2 Å². The summed E-state index contributed by atoms with van der Waals surface area (Å²) in [5, 5.41) is 1.07. The highest BCUT2D eigenvalue weighted by Gasteiger charge is 2.26. The molecule has 0 radical (unpaired) electrons. The Morgan fingerprint density at radius 3 is 2.96 bits per heavy atom. The van der Waals surface area contributed by atoms with Crippen molar-refractivity contribution >= 4 is 27.5 Å². The fourth-order valence-electron chi connectivity index (χ4n) is 3.54. The Morgan fingerprint density at radius 2 is 2.11 bits per heavy atom. The van der Waals surface area contributed by atoms with Gasteiger partial charge in [-0.3, -0.25) is 0 Å². The number of thiazole rings is 1. The first-order valence-corrected chi connectivity index (χ1v) is 9.81. The van der Waals surface area contributed by atoms with Gasteiger partial charge in [-0.25, -0.2) is 15.0 Å². The third-order valence-corrected chi connectivity index (χ3v) is 6.11. The van der Waals surface area contributed by atoms with Gasteiger partial charge in [-0.05, 0) is 36.8 Å². The number of ether oxygens (including phenoxy) is 2. The molecule has 6 nitrogen and oxygen atoms in total. The van der Waals surface area contributed by atoms with E-state index in [1.165, 1.54) is 0 Å². The van der Waals surface area contributed by atoms with Crippen LogP contribution in [0.2, 0.25) is 0 Å². The van der Waals surface area contributed by atoms with Gasteiger partial charge in [0.2, 0.25) is 5.95 Å². The van der Waals surface area contributed by atoms with Gasteiger partial charge in [0.05, 0.1) is 29.6 Å². The average Bonchev–Trinajstić information content (AvgIpc) is 3.16. The summed E-state index contributed by atoms with van der Waals surface area (Å²) in [7, 11) is 1.69. The number of nitrogens with two attached hydrogens (primary N) is 1. The Labute approximate surface area is 166 Å². The van der Waals surface area contributed by atoms with Crippen LogP contribution in [-0.4, -0.2) is 28.7 Å². The van der Waals surface area contributed by atoms with Gasteiger partial charge in [0.15, 0.2) is 0 Å². The minimum Gasteiger partial charge on any atom is -0.496 e. The largest absolute Gasteiger partial charge is 0.496 e. The summed E-state index contributed by atoms with van der Waals surface area (Å²) in [6, 6.07) is 13.9. The van der Waals surface area contributed by atoms with E-state index in [0.29, 0.717) is 6.61 Å². The van der Waals surface area contributed by atoms with E-state index in [2.05, 4.69) is 16.0 Å². The molecule has 0 amide bonds. The summed E-state index contributed by atoms with van der Waals surface area (Å²) in [4.78, 5) is 13.1. The highest BCUT2D eigenvalue weighted by molar-refractivity contribution is 7.18. The second-order valence-electron chi connectivity index (χ2n) is 6.68. The van der Waals surface area contributed by atoms with Crippen molar-refractivity contribution in [1.82, 2.24) is 15.0 Å². The van der Waals surface area contributed by atoms with E-state index in [1.54, 1.807) is 24.6 Å². The lowest BCUT2D eigenvalue weighted by molar-refractivity contribution is 0.257. The number of benzene rings is 2. The summed E-state index contributed by atoms with van der Waals surface area (Å²) in [6.45, 7) is 0.620. The molecule has 3 heterocycles. The quantitative estimate of drug-likeness (QED) is 0.568. The van der Waals surface area contributed by atoms with Gasteiger partial charge >= 0.3 is 0 Å². The van der Waals surface area contributed by atoms with Crippen molar-refractivity contribution < 1.29 is 9.47 Å². The molecular formula is C21H18N4O2S. The Bertz CT molecular complexity index is 1160. The smallest absolute Gasteiger partial charge is 0.220 e. The van der Waals surface area contributed by atoms with E-state index in [1.807, 2.05) is 36.4 Å². The first-order valence-electron chi connectivity index (χ1n) is 8.99. The molecule has 0 aliphatic carbocycles. The standard InChI is InChI=1S/C21H18N4O2S/c1-26-17-3-2-4-18-14(17)9-13(11-27-18)20-24-16-6-5-12(10-19(16)28-20)15-7-8-23-21(22)25-15/h2-8,10,13H,9,11H2,1H3,(H2,22,23,25). The fraction of sp³-hybridized carbons (Fsp3) is 0.190. The van der Waals surface area contributed by atoms with Gasteiger partial charge in [0.25, 0.3) is 0 Å². The number of nitrogen functional groups attached to an aromatic ring is 1. The van der Waals surface area contributed by atoms with E-state index in [-0.39, 0.29) is 11.9 Å². The van der Waals surface area contributed by atoms with Crippen molar-refractivity contribution in [3.05, 3.63) is 59.2 Å². The van der Waals surface area contributed by atoms with Crippen LogP contribution < -0.4 is 15.2 Å². The molecule has 2 N–H and O–H groups in total. The van der Waals surface area contributed by atoms with Crippen LogP contribution in [0.25, 0.3) is 21.5 Å². The predicted octanol–water partition coefficient (Wildman–Crippen LogP) is 4.06. The fourth-order valence-corrected chi connectivity index (χ4v) is 4.63. The maximum atomic E-state index is 5.99. The highest BCUT2D eigenvalue weighted by atomic mass is 32.1. The van der Waals surface area contributed by atoms with Crippen LogP contribution in [0.3, 0.4) is 0 Å². The molecule has 7 heteroatoms. The molecule has 0 fully saturated rings. The van der Waals surface area contributed by atoms with Crippen molar-refractivity contribution in [3.8, 4) is 22.8 Å². The van der Waals surface area contributed by atoms with Crippen molar-refractivity contribution in [2.45, 2.75) is 12.3 Å². The second-order valence-corrected chi connectivity index (χ2v) is 7.75. The maximum Gasteiger partial charge on any atom is 0.220 e. The van der Waals surface area contributed by atoms with Crippen LogP contribution in [0.1, 0.15) is 16.5 Å². The summed E-state index contributed by atoms with van der Waals surface area (Å²) >= 11 is 1.70. The first-order chi connectivity index (χ1) is 13.7. The predicted molar refractivity (Wildman–Crippen MR) is 110 cm³/mol. The van der Waals surface area contributed by atoms with Crippen LogP contribution in [-0.2, 0) is 6.42 Å². The zero-order valence-corrected chi connectivity index (χ0v) is 16.1. The summed E-state index contributed by atoms with van der Waals surface area (Å²) in [5.41, 5.74) is 9.62. The third kappa shape index (κ3) is 2.93. The van der Waals surface area contributed by atoms with Crippen LogP contribution in [0.5, 0.6) is 11.5 Å². The summed E-state index contributed by atoms with van der Waals surface area (Å²) in [6.07, 6.45) is 2.53. The van der Waals surface area contributed by atoms with Crippen molar-refractivity contribution in [2.75, 3.05) is 19.5 Å². The van der Waals surface area contributed by atoms with Crippen molar-refractivity contribution in [1.29, 1.82) is 0 Å². The van der Waals surface area contributed by atoms with Gasteiger partial charge in [0, 0.05) is 23.2 Å². The zero-order chi connectivity index (χ0) is 19.1. The van der Waals surface area contributed by atoms with E-state index >= 15 is 0 Å². The SMILES string of the molecule is COc1cccc2c1CC(c1nc3ccc(-c4ccnc(N)n4)cc3s1)CO2. The molecule has 4 aromatic rings. The number of nitrogens with zero attached hydrogens (tertiary/aromatic N) is 3. The molecular weight excluding hydrogens is 372 g/mol. The molecule has 0 saturated carbocycles. The molecule has 0 bridgehead atoms. The Balaban J connectivity index is 1.49. The highest BCUT2D eigenvalue weighted by Crippen LogP contribution is 2.40. The third-order valence-electron chi connectivity index (χ3n) is 4.92. The number of rotatable bonds is 3. The van der Waals surface area contributed by atoms with E-state index in [9.17, 15) is 0 Å². The van der Waals surface area contributed by atoms with Gasteiger partial charge in [-0.1, -0.05) is 12.1 Å². The van der Waals surface area contributed by atoms with Gasteiger partial charge in [0.1, 0.15) is 16.5 Å². The molecule has 0 saturated heterocycles. The molecule has 1 atom stereocenters. The van der Waals surface area contributed by atoms with Crippen LogP contribution in [0, 0.1) is 0 Å². The number of hydrogen-bond donors (Lipinski definition) is 1. The number of anilines is 1. The number of hydrogen-bond acceptors (Lipinski definition) is 7. The first kappa shape index (κ1) is 16.9. The normalized spacial score (nSPS) is 15.8. The zero-order valence-electron chi connectivity index (χ0n) is 15.3.